The number of nitrogens with two attached hydrogens (primary N) is 2. The molecule has 0 saturated carbocycles. The van der Waals surface area contributed by atoms with Gasteiger partial charge in [-0.3, -0.25) is 4.79 Å². The molecule has 9 heteroatoms. The second kappa shape index (κ2) is 8.25. The van der Waals surface area contributed by atoms with Crippen molar-refractivity contribution in [3.63, 3.8) is 0 Å². The Balaban J connectivity index is 1.63. The van der Waals surface area contributed by atoms with Crippen molar-refractivity contribution in [1.82, 2.24) is 9.88 Å². The topological polar surface area (TPSA) is 112 Å². The number of nitriles is 1. The van der Waals surface area contributed by atoms with Gasteiger partial charge in [-0.25, -0.2) is 4.98 Å². The molecule has 31 heavy (non-hydrogen) atoms. The third-order valence-electron chi connectivity index (χ3n) is 5.57. The average molecular weight is 455 g/mol. The smallest absolute Gasteiger partial charge is 0.266 e. The first-order chi connectivity index (χ1) is 14.8. The second-order valence-corrected chi connectivity index (χ2v) is 9.27. The van der Waals surface area contributed by atoms with Crippen molar-refractivity contribution < 1.29 is 4.79 Å². The first kappa shape index (κ1) is 21.2. The molecule has 1 fully saturated rings. The quantitative estimate of drug-likeness (QED) is 0.616. The lowest BCUT2D eigenvalue weighted by Crippen LogP contribution is -2.48. The molecule has 7 nitrogen and oxygen atoms in total. The van der Waals surface area contributed by atoms with Gasteiger partial charge in [0.2, 0.25) is 0 Å². The molecule has 3 heterocycles. The van der Waals surface area contributed by atoms with Crippen LogP contribution < -0.4 is 16.4 Å². The largest absolute Gasteiger partial charge is 0.397 e. The fourth-order valence-electron chi connectivity index (χ4n) is 4.04. The maximum Gasteiger partial charge on any atom is 0.266 e. The summed E-state index contributed by atoms with van der Waals surface area (Å²) in [6.45, 7) is 6.52. The molecule has 0 spiro atoms. The highest BCUT2D eigenvalue weighted by Crippen LogP contribution is 2.41. The molecule has 1 aliphatic heterocycles. The lowest BCUT2D eigenvalue weighted by Gasteiger charge is -2.36. The van der Waals surface area contributed by atoms with E-state index in [1.807, 2.05) is 43.0 Å². The van der Waals surface area contributed by atoms with E-state index in [4.69, 9.17) is 23.1 Å². The Morgan fingerprint density at radius 2 is 1.97 bits per heavy atom. The van der Waals surface area contributed by atoms with E-state index >= 15 is 0 Å². The van der Waals surface area contributed by atoms with Gasteiger partial charge in [0.05, 0.1) is 11.3 Å². The summed E-state index contributed by atoms with van der Waals surface area (Å²) in [5.74, 6) is 0.0793. The van der Waals surface area contributed by atoms with Crippen LogP contribution in [-0.2, 0) is 0 Å². The van der Waals surface area contributed by atoms with Gasteiger partial charge in [0, 0.05) is 42.3 Å². The van der Waals surface area contributed by atoms with Gasteiger partial charge in [0.1, 0.15) is 21.6 Å². The number of hydrogen-bond acceptors (Lipinski definition) is 7. The fraction of sp³-hybridized carbons (Fsp3) is 0.318. The molecular formula is C22H23ClN6OS. The van der Waals surface area contributed by atoms with Crippen molar-refractivity contribution in [1.29, 1.82) is 5.26 Å². The Kier molecular flexibility index (Phi) is 5.65. The highest BCUT2D eigenvalue weighted by Gasteiger charge is 2.29. The van der Waals surface area contributed by atoms with Crippen LogP contribution in [0.25, 0.3) is 10.2 Å². The Morgan fingerprint density at radius 1 is 1.26 bits per heavy atom. The predicted octanol–water partition coefficient (Wildman–Crippen LogP) is 4.07. The Labute approximate surface area is 189 Å². The van der Waals surface area contributed by atoms with Crippen LogP contribution in [0.1, 0.15) is 40.6 Å². The molecule has 160 valence electrons. The number of carbonyl (C=O) groups excluding carboxylic acids is 1. The van der Waals surface area contributed by atoms with Gasteiger partial charge in [-0.2, -0.15) is 5.26 Å². The molecule has 1 saturated heterocycles. The zero-order valence-corrected chi connectivity index (χ0v) is 18.9. The molecule has 4 N–H and O–H groups in total. The minimum absolute atomic E-state index is 0.0172. The summed E-state index contributed by atoms with van der Waals surface area (Å²) >= 11 is 7.35. The van der Waals surface area contributed by atoms with Gasteiger partial charge < -0.3 is 21.3 Å². The third-order valence-corrected chi connectivity index (χ3v) is 6.89. The van der Waals surface area contributed by atoms with E-state index in [0.29, 0.717) is 57.5 Å². The van der Waals surface area contributed by atoms with E-state index < -0.39 is 0 Å². The Hall–Kier alpha value is -3.02. The highest BCUT2D eigenvalue weighted by molar-refractivity contribution is 7.21. The number of fused-ring (bicyclic) bond motifs is 1. The van der Waals surface area contributed by atoms with E-state index in [2.05, 4.69) is 16.0 Å². The Bertz CT molecular complexity index is 1210. The van der Waals surface area contributed by atoms with Crippen LogP contribution in [-0.4, -0.2) is 42.0 Å². The van der Waals surface area contributed by atoms with Crippen molar-refractivity contribution >= 4 is 56.3 Å². The fourth-order valence-corrected chi connectivity index (χ4v) is 5.31. The molecule has 3 aromatic rings. The zero-order valence-electron chi connectivity index (χ0n) is 17.4. The minimum atomic E-state index is -0.113. The molecule has 0 atom stereocenters. The van der Waals surface area contributed by atoms with Gasteiger partial charge in [-0.05, 0) is 29.7 Å². The van der Waals surface area contributed by atoms with Gasteiger partial charge in [0.15, 0.2) is 0 Å². The molecule has 0 aliphatic carbocycles. The summed E-state index contributed by atoms with van der Waals surface area (Å²) < 4.78 is 0. The van der Waals surface area contributed by atoms with E-state index in [9.17, 15) is 10.1 Å². The number of pyridine rings is 1. The second-order valence-electron chi connectivity index (χ2n) is 7.84. The van der Waals surface area contributed by atoms with Crippen LogP contribution in [0.5, 0.6) is 0 Å². The van der Waals surface area contributed by atoms with Crippen molar-refractivity contribution in [3.8, 4) is 6.07 Å². The number of nitrogens with zero attached hydrogens (tertiary/aromatic N) is 4. The maximum absolute atomic E-state index is 13.3. The molecule has 2 aromatic heterocycles. The standard InChI is InChI=1S/C22H23ClN6OS/c1-12(2)16-15(11-24)20(26)27-21-17(16)18(25)19(31-21)22(30)29-8-6-28(7-9-29)14-5-3-4-13(23)10-14/h3-5,10,12H,6-9,25H2,1-2H3,(H2,26,27). The first-order valence-corrected chi connectivity index (χ1v) is 11.2. The van der Waals surface area contributed by atoms with Crippen molar-refractivity contribution in [2.75, 3.05) is 42.5 Å². The molecule has 0 unspecified atom stereocenters. The SMILES string of the molecule is CC(C)c1c(C#N)c(N)nc2sc(C(=O)N3CCN(c4cccc(Cl)c4)CC3)c(N)c12. The number of amides is 1. The summed E-state index contributed by atoms with van der Waals surface area (Å²) in [5.41, 5.74) is 15.0. The van der Waals surface area contributed by atoms with Crippen LogP contribution in [0.2, 0.25) is 5.02 Å². The van der Waals surface area contributed by atoms with Crippen LogP contribution in [0, 0.1) is 11.3 Å². The summed E-state index contributed by atoms with van der Waals surface area (Å²) in [6, 6.07) is 9.86. The molecule has 1 amide bonds. The monoisotopic (exact) mass is 454 g/mol. The van der Waals surface area contributed by atoms with E-state index in [1.54, 1.807) is 0 Å². The van der Waals surface area contributed by atoms with Gasteiger partial charge in [0.25, 0.3) is 5.91 Å². The number of thiophene rings is 1. The number of benzene rings is 1. The van der Waals surface area contributed by atoms with Crippen molar-refractivity contribution in [2.24, 2.45) is 0 Å². The predicted molar refractivity (Wildman–Crippen MR) is 127 cm³/mol. The van der Waals surface area contributed by atoms with Crippen LogP contribution in [0.3, 0.4) is 0 Å². The van der Waals surface area contributed by atoms with Gasteiger partial charge >= 0.3 is 0 Å². The third kappa shape index (κ3) is 3.75. The average Bonchev–Trinajstić information content (AvgIpc) is 3.07. The van der Waals surface area contributed by atoms with Crippen molar-refractivity contribution in [3.05, 3.63) is 45.3 Å². The van der Waals surface area contributed by atoms with Gasteiger partial charge in [-0.15, -0.1) is 11.3 Å². The molecular weight excluding hydrogens is 432 g/mol. The first-order valence-electron chi connectivity index (χ1n) is 10.0. The number of anilines is 3. The highest BCUT2D eigenvalue weighted by atomic mass is 35.5. The van der Waals surface area contributed by atoms with Crippen LogP contribution in [0.4, 0.5) is 17.2 Å². The molecule has 4 rings (SSSR count). The number of carbonyl (C=O) groups is 1. The number of halogens is 1. The summed E-state index contributed by atoms with van der Waals surface area (Å²) in [7, 11) is 0. The maximum atomic E-state index is 13.3. The normalized spacial score (nSPS) is 14.3. The summed E-state index contributed by atoms with van der Waals surface area (Å²) in [6.07, 6.45) is 0. The number of piperazine rings is 1. The zero-order chi connectivity index (χ0) is 22.3. The number of rotatable bonds is 3. The molecule has 0 radical (unpaired) electrons. The van der Waals surface area contributed by atoms with E-state index in [-0.39, 0.29) is 17.6 Å². The van der Waals surface area contributed by atoms with Crippen molar-refractivity contribution in [2.45, 2.75) is 19.8 Å². The summed E-state index contributed by atoms with van der Waals surface area (Å²) in [4.78, 5) is 22.7. The van der Waals surface area contributed by atoms with Crippen LogP contribution in [0.15, 0.2) is 24.3 Å². The summed E-state index contributed by atoms with van der Waals surface area (Å²) in [5, 5.41) is 10.9. The number of hydrogen-bond donors (Lipinski definition) is 2. The molecule has 1 aliphatic rings. The number of aromatic nitrogens is 1. The van der Waals surface area contributed by atoms with E-state index in [1.165, 1.54) is 11.3 Å². The lowest BCUT2D eigenvalue weighted by atomic mass is 9.95. The Morgan fingerprint density at radius 3 is 2.58 bits per heavy atom. The lowest BCUT2D eigenvalue weighted by molar-refractivity contribution is 0.0752. The number of nitrogen functional groups attached to an aromatic ring is 2. The van der Waals surface area contributed by atoms with Crippen LogP contribution >= 0.6 is 22.9 Å². The van der Waals surface area contributed by atoms with Gasteiger partial charge in [-0.1, -0.05) is 31.5 Å². The molecule has 1 aromatic carbocycles. The van der Waals surface area contributed by atoms with E-state index in [0.717, 1.165) is 11.3 Å². The minimum Gasteiger partial charge on any atom is -0.397 e. The molecule has 0 bridgehead atoms.